The minimum Gasteiger partial charge on any atom is -0.465 e. The fraction of sp³-hybridized carbons (Fsp3) is 0.304. The first-order chi connectivity index (χ1) is 15.0. The molecule has 0 spiro atoms. The van der Waals surface area contributed by atoms with E-state index in [1.807, 2.05) is 42.5 Å². The number of carbonyl (C=O) groups excluding carboxylic acids is 2. The zero-order valence-electron chi connectivity index (χ0n) is 17.5. The lowest BCUT2D eigenvalue weighted by atomic mass is 9.99. The van der Waals surface area contributed by atoms with E-state index in [0.717, 1.165) is 16.8 Å². The van der Waals surface area contributed by atoms with E-state index in [-0.39, 0.29) is 24.7 Å². The molecule has 0 saturated carbocycles. The van der Waals surface area contributed by atoms with Gasteiger partial charge in [0.1, 0.15) is 5.15 Å². The molecular formula is C23H25ClN4O3. The van der Waals surface area contributed by atoms with Gasteiger partial charge in [-0.05, 0) is 37.1 Å². The van der Waals surface area contributed by atoms with Gasteiger partial charge in [0, 0.05) is 24.5 Å². The van der Waals surface area contributed by atoms with Crippen molar-refractivity contribution in [2.45, 2.75) is 25.8 Å². The highest BCUT2D eigenvalue weighted by molar-refractivity contribution is 6.29. The SMILES string of the molecule is CCOC(=O)CN[C@@H](Cc1ccccc1)C(=O)Cc1cc(-c2ccnc(Cl)c2)nn1C. The molecule has 3 aromatic rings. The lowest BCUT2D eigenvalue weighted by Gasteiger charge is -2.17. The predicted octanol–water partition coefficient (Wildman–Crippen LogP) is 3.01. The van der Waals surface area contributed by atoms with Crippen molar-refractivity contribution in [1.82, 2.24) is 20.1 Å². The summed E-state index contributed by atoms with van der Waals surface area (Å²) in [4.78, 5) is 28.9. The van der Waals surface area contributed by atoms with Gasteiger partial charge >= 0.3 is 5.97 Å². The fourth-order valence-corrected chi connectivity index (χ4v) is 3.42. The average molecular weight is 441 g/mol. The molecule has 2 aromatic heterocycles. The number of carbonyl (C=O) groups is 2. The van der Waals surface area contributed by atoms with Crippen LogP contribution in [0.15, 0.2) is 54.7 Å². The summed E-state index contributed by atoms with van der Waals surface area (Å²) >= 11 is 5.98. The van der Waals surface area contributed by atoms with Crippen molar-refractivity contribution in [2.24, 2.45) is 7.05 Å². The minimum absolute atomic E-state index is 0.0246. The number of nitrogens with one attached hydrogen (secondary N) is 1. The van der Waals surface area contributed by atoms with Crippen LogP contribution in [0.3, 0.4) is 0 Å². The van der Waals surface area contributed by atoms with Crippen molar-refractivity contribution in [3.8, 4) is 11.3 Å². The number of rotatable bonds is 10. The number of pyridine rings is 1. The maximum atomic E-state index is 13.2. The lowest BCUT2D eigenvalue weighted by Crippen LogP contribution is -2.42. The fourth-order valence-electron chi connectivity index (χ4n) is 3.24. The number of nitrogens with zero attached hydrogens (tertiary/aromatic N) is 3. The van der Waals surface area contributed by atoms with Gasteiger partial charge < -0.3 is 4.74 Å². The molecule has 0 radical (unpaired) electrons. The molecule has 3 rings (SSSR count). The van der Waals surface area contributed by atoms with Gasteiger partial charge in [-0.1, -0.05) is 41.9 Å². The minimum atomic E-state index is -0.527. The van der Waals surface area contributed by atoms with Gasteiger partial charge in [0.25, 0.3) is 0 Å². The number of aryl methyl sites for hydroxylation is 1. The summed E-state index contributed by atoms with van der Waals surface area (Å²) in [5, 5.41) is 7.94. The van der Waals surface area contributed by atoms with Gasteiger partial charge in [-0.2, -0.15) is 5.10 Å². The number of Topliss-reactive ketones (excluding diaryl/α,β-unsaturated/α-hetero) is 1. The molecule has 1 aromatic carbocycles. The van der Waals surface area contributed by atoms with E-state index >= 15 is 0 Å². The largest absolute Gasteiger partial charge is 0.465 e. The first-order valence-electron chi connectivity index (χ1n) is 10.1. The maximum absolute atomic E-state index is 13.2. The highest BCUT2D eigenvalue weighted by Crippen LogP contribution is 2.21. The van der Waals surface area contributed by atoms with Crippen molar-refractivity contribution in [1.29, 1.82) is 0 Å². The number of esters is 1. The van der Waals surface area contributed by atoms with Gasteiger partial charge in [0.15, 0.2) is 5.78 Å². The summed E-state index contributed by atoms with van der Waals surface area (Å²) in [6.45, 7) is 2.03. The first kappa shape index (κ1) is 22.7. The molecule has 0 bridgehead atoms. The summed E-state index contributed by atoms with van der Waals surface area (Å²) < 4.78 is 6.67. The highest BCUT2D eigenvalue weighted by Gasteiger charge is 2.22. The van der Waals surface area contributed by atoms with E-state index in [2.05, 4.69) is 15.4 Å². The van der Waals surface area contributed by atoms with Crippen molar-refractivity contribution in [3.63, 3.8) is 0 Å². The Balaban J connectivity index is 1.75. The van der Waals surface area contributed by atoms with E-state index in [9.17, 15) is 9.59 Å². The second-order valence-corrected chi connectivity index (χ2v) is 7.47. The number of halogens is 1. The molecular weight excluding hydrogens is 416 g/mol. The highest BCUT2D eigenvalue weighted by atomic mass is 35.5. The van der Waals surface area contributed by atoms with Crippen LogP contribution in [0, 0.1) is 0 Å². The standard InChI is InChI=1S/C23H25ClN4O3/c1-3-31-23(30)15-26-20(11-16-7-5-4-6-8-16)21(29)14-18-13-19(27-28(18)2)17-9-10-25-22(24)12-17/h4-10,12-13,20,26H,3,11,14-15H2,1-2H3/t20-/m0/s1. The Kier molecular flexibility index (Phi) is 7.92. The molecule has 0 aliphatic carbocycles. The van der Waals surface area contributed by atoms with Gasteiger partial charge in [-0.3, -0.25) is 19.6 Å². The summed E-state index contributed by atoms with van der Waals surface area (Å²) in [6.07, 6.45) is 2.27. The summed E-state index contributed by atoms with van der Waals surface area (Å²) in [5.74, 6) is -0.416. The second kappa shape index (κ2) is 10.8. The third-order valence-electron chi connectivity index (χ3n) is 4.82. The number of benzene rings is 1. The normalized spacial score (nSPS) is 11.8. The van der Waals surface area contributed by atoms with Crippen molar-refractivity contribution in [3.05, 3.63) is 71.1 Å². The monoisotopic (exact) mass is 440 g/mol. The van der Waals surface area contributed by atoms with Gasteiger partial charge in [-0.25, -0.2) is 4.98 Å². The average Bonchev–Trinajstić information content (AvgIpc) is 3.12. The topological polar surface area (TPSA) is 86.1 Å². The molecule has 0 amide bonds. The van der Waals surface area contributed by atoms with E-state index in [1.165, 1.54) is 0 Å². The Hall–Kier alpha value is -3.03. The number of ketones is 1. The Morgan fingerprint density at radius 3 is 2.68 bits per heavy atom. The van der Waals surface area contributed by atoms with Crippen LogP contribution in [0.25, 0.3) is 11.3 Å². The Morgan fingerprint density at radius 1 is 1.19 bits per heavy atom. The van der Waals surface area contributed by atoms with Gasteiger partial charge in [0.2, 0.25) is 0 Å². The number of hydrogen-bond acceptors (Lipinski definition) is 6. The van der Waals surface area contributed by atoms with Crippen LogP contribution in [0.4, 0.5) is 0 Å². The van der Waals surface area contributed by atoms with E-state index in [0.29, 0.717) is 23.9 Å². The Morgan fingerprint density at radius 2 is 1.97 bits per heavy atom. The molecule has 0 aliphatic heterocycles. The van der Waals surface area contributed by atoms with Crippen LogP contribution in [0.5, 0.6) is 0 Å². The first-order valence-corrected chi connectivity index (χ1v) is 10.4. The third kappa shape index (κ3) is 6.47. The molecule has 31 heavy (non-hydrogen) atoms. The summed E-state index contributed by atoms with van der Waals surface area (Å²) in [7, 11) is 1.80. The third-order valence-corrected chi connectivity index (χ3v) is 5.03. The molecule has 0 fully saturated rings. The van der Waals surface area contributed by atoms with E-state index in [4.69, 9.17) is 16.3 Å². The van der Waals surface area contributed by atoms with Crippen LogP contribution in [-0.2, 0) is 34.2 Å². The number of aromatic nitrogens is 3. The molecule has 1 atom stereocenters. The predicted molar refractivity (Wildman–Crippen MR) is 119 cm³/mol. The molecule has 2 heterocycles. The molecule has 7 nitrogen and oxygen atoms in total. The van der Waals surface area contributed by atoms with Crippen LogP contribution in [-0.4, -0.2) is 45.7 Å². The summed E-state index contributed by atoms with van der Waals surface area (Å²) in [6, 6.07) is 14.6. The van der Waals surface area contributed by atoms with Crippen molar-refractivity contribution in [2.75, 3.05) is 13.2 Å². The van der Waals surface area contributed by atoms with Gasteiger partial charge in [-0.15, -0.1) is 0 Å². The smallest absolute Gasteiger partial charge is 0.319 e. The van der Waals surface area contributed by atoms with E-state index < -0.39 is 6.04 Å². The zero-order chi connectivity index (χ0) is 22.2. The van der Waals surface area contributed by atoms with E-state index in [1.54, 1.807) is 30.9 Å². The summed E-state index contributed by atoms with van der Waals surface area (Å²) in [5.41, 5.74) is 3.32. The second-order valence-electron chi connectivity index (χ2n) is 7.08. The molecule has 8 heteroatoms. The lowest BCUT2D eigenvalue weighted by molar-refractivity contribution is -0.142. The Labute approximate surface area is 186 Å². The molecule has 1 N–H and O–H groups in total. The van der Waals surface area contributed by atoms with Crippen molar-refractivity contribution < 1.29 is 14.3 Å². The van der Waals surface area contributed by atoms with Gasteiger partial charge in [0.05, 0.1) is 31.3 Å². The van der Waals surface area contributed by atoms with Crippen LogP contribution >= 0.6 is 11.6 Å². The Bertz CT molecular complexity index is 1040. The maximum Gasteiger partial charge on any atom is 0.319 e. The quantitative estimate of drug-likeness (QED) is 0.385. The zero-order valence-corrected chi connectivity index (χ0v) is 18.3. The van der Waals surface area contributed by atoms with Crippen LogP contribution in [0.2, 0.25) is 5.15 Å². The molecule has 0 aliphatic rings. The van der Waals surface area contributed by atoms with Crippen LogP contribution < -0.4 is 5.32 Å². The molecule has 0 unspecified atom stereocenters. The molecule has 0 saturated heterocycles. The number of ether oxygens (including phenoxy) is 1. The molecule has 162 valence electrons. The van der Waals surface area contributed by atoms with Crippen molar-refractivity contribution >= 4 is 23.4 Å². The number of hydrogen-bond donors (Lipinski definition) is 1. The van der Waals surface area contributed by atoms with Crippen LogP contribution in [0.1, 0.15) is 18.2 Å².